The van der Waals surface area contributed by atoms with E-state index in [2.05, 4.69) is 33.1 Å². The Morgan fingerprint density at radius 3 is 2.72 bits per heavy atom. The summed E-state index contributed by atoms with van der Waals surface area (Å²) in [4.78, 5) is 27.0. The molecule has 1 fully saturated rings. The van der Waals surface area contributed by atoms with Gasteiger partial charge < -0.3 is 20.7 Å². The molecule has 10 heteroatoms. The van der Waals surface area contributed by atoms with Crippen LogP contribution in [0.4, 0.5) is 16.0 Å². The minimum Gasteiger partial charge on any atom is -0.496 e. The van der Waals surface area contributed by atoms with E-state index in [1.807, 2.05) is 18.2 Å². The summed E-state index contributed by atoms with van der Waals surface area (Å²) in [5.41, 5.74) is 4.85. The summed E-state index contributed by atoms with van der Waals surface area (Å²) in [6, 6.07) is 17.4. The van der Waals surface area contributed by atoms with Gasteiger partial charge in [-0.05, 0) is 54.4 Å². The Kier molecular flexibility index (Phi) is 7.12. The van der Waals surface area contributed by atoms with Gasteiger partial charge in [0, 0.05) is 64.2 Å². The molecule has 0 radical (unpaired) electrons. The molecule has 3 atom stereocenters. The fraction of sp³-hybridized carbons (Fsp3) is 0.212. The van der Waals surface area contributed by atoms with Crippen molar-refractivity contribution in [3.63, 3.8) is 0 Å². The number of piperidine rings is 1. The number of carbonyl (C=O) groups is 1. The van der Waals surface area contributed by atoms with E-state index in [4.69, 9.17) is 26.3 Å². The van der Waals surface area contributed by atoms with Crippen LogP contribution in [0.2, 0.25) is 5.02 Å². The standard InChI is InChI=1S/C33H28ClFN6O2/c1-43-28-4-2-3-26(35)29(28)31-25-13-21(34)8-12-24(25)30-20(15-37-31)16-38-33(41-30)39-22-9-5-18(6-10-22)32(42)40-27-17-36-14-19-7-11-23(19)27/h2-13,16,19,23,27,36H,14-15,17H2,1H3,(H,40,42)(H,38,39,41). The second-order valence-electron chi connectivity index (χ2n) is 10.8. The molecule has 1 saturated heterocycles. The number of anilines is 2. The average Bonchev–Trinajstić information content (AvgIpc) is 3.14. The first kappa shape index (κ1) is 27.2. The third kappa shape index (κ3) is 5.15. The fourth-order valence-electron chi connectivity index (χ4n) is 5.91. The van der Waals surface area contributed by atoms with E-state index in [1.54, 1.807) is 42.6 Å². The third-order valence-corrected chi connectivity index (χ3v) is 8.43. The molecular formula is C33H28ClFN6O2. The van der Waals surface area contributed by atoms with E-state index in [1.165, 1.54) is 13.2 Å². The molecule has 3 aromatic carbocycles. The van der Waals surface area contributed by atoms with E-state index in [0.29, 0.717) is 51.1 Å². The summed E-state index contributed by atoms with van der Waals surface area (Å²) in [5.74, 6) is 1.10. The summed E-state index contributed by atoms with van der Waals surface area (Å²) in [7, 11) is 1.50. The maximum absolute atomic E-state index is 15.2. The zero-order chi connectivity index (χ0) is 29.5. The summed E-state index contributed by atoms with van der Waals surface area (Å²) in [5, 5.41) is 10.3. The van der Waals surface area contributed by atoms with Crippen LogP contribution in [0.3, 0.4) is 0 Å². The molecule has 1 aliphatic carbocycles. The van der Waals surface area contributed by atoms with Crippen molar-refractivity contribution in [1.29, 1.82) is 0 Å². The molecule has 43 heavy (non-hydrogen) atoms. The Balaban J connectivity index is 1.14. The largest absolute Gasteiger partial charge is 0.496 e. The quantitative estimate of drug-likeness (QED) is 0.253. The number of rotatable bonds is 6. The van der Waals surface area contributed by atoms with Gasteiger partial charge in [-0.1, -0.05) is 35.9 Å². The van der Waals surface area contributed by atoms with E-state index in [0.717, 1.165) is 29.9 Å². The molecule has 0 bridgehead atoms. The lowest BCUT2D eigenvalue weighted by atomic mass is 9.74. The van der Waals surface area contributed by atoms with Gasteiger partial charge in [0.2, 0.25) is 5.95 Å². The van der Waals surface area contributed by atoms with Crippen LogP contribution in [-0.4, -0.2) is 47.8 Å². The monoisotopic (exact) mass is 594 g/mol. The van der Waals surface area contributed by atoms with Gasteiger partial charge >= 0.3 is 0 Å². The van der Waals surface area contributed by atoms with E-state index < -0.39 is 5.82 Å². The van der Waals surface area contributed by atoms with Gasteiger partial charge in [-0.25, -0.2) is 14.4 Å². The number of ether oxygens (including phenoxy) is 1. The Hall–Kier alpha value is -4.60. The second kappa shape index (κ2) is 11.2. The Bertz CT molecular complexity index is 1790. The van der Waals surface area contributed by atoms with Crippen LogP contribution in [0.1, 0.15) is 27.0 Å². The molecule has 3 aliphatic rings. The first-order valence-electron chi connectivity index (χ1n) is 14.1. The van der Waals surface area contributed by atoms with Crippen LogP contribution in [-0.2, 0) is 6.54 Å². The number of nitrogens with zero attached hydrogens (tertiary/aromatic N) is 3. The molecule has 0 spiro atoms. The van der Waals surface area contributed by atoms with E-state index in [9.17, 15) is 4.79 Å². The van der Waals surface area contributed by atoms with Crippen LogP contribution >= 0.6 is 11.6 Å². The third-order valence-electron chi connectivity index (χ3n) is 8.20. The molecule has 3 N–H and O–H groups in total. The van der Waals surface area contributed by atoms with Crippen molar-refractivity contribution in [2.24, 2.45) is 16.8 Å². The van der Waals surface area contributed by atoms with Crippen molar-refractivity contribution in [1.82, 2.24) is 20.6 Å². The number of hydrogen-bond donors (Lipinski definition) is 3. The summed E-state index contributed by atoms with van der Waals surface area (Å²) in [6.45, 7) is 1.97. The lowest BCUT2D eigenvalue weighted by molar-refractivity contribution is 0.0906. The molecule has 1 aromatic heterocycles. The molecular weight excluding hydrogens is 567 g/mol. The van der Waals surface area contributed by atoms with Gasteiger partial charge in [-0.15, -0.1) is 0 Å². The van der Waals surface area contributed by atoms with Gasteiger partial charge in [-0.3, -0.25) is 9.79 Å². The Morgan fingerprint density at radius 1 is 1.07 bits per heavy atom. The van der Waals surface area contributed by atoms with E-state index in [-0.39, 0.29) is 24.1 Å². The number of amides is 1. The fourth-order valence-corrected chi connectivity index (χ4v) is 6.08. The predicted molar refractivity (Wildman–Crippen MR) is 165 cm³/mol. The minimum atomic E-state index is -0.444. The Labute approximate surface area is 253 Å². The molecule has 1 amide bonds. The normalized spacial score (nSPS) is 20.0. The highest BCUT2D eigenvalue weighted by Gasteiger charge is 2.35. The number of methoxy groups -OCH3 is 1. The van der Waals surface area contributed by atoms with Gasteiger partial charge in [0.15, 0.2) is 0 Å². The molecule has 8 nitrogen and oxygen atoms in total. The van der Waals surface area contributed by atoms with Gasteiger partial charge in [-0.2, -0.15) is 0 Å². The second-order valence-corrected chi connectivity index (χ2v) is 11.2. The van der Waals surface area contributed by atoms with Crippen LogP contribution in [0.25, 0.3) is 11.3 Å². The zero-order valence-electron chi connectivity index (χ0n) is 23.3. The topological polar surface area (TPSA) is 101 Å². The SMILES string of the molecule is COc1cccc(F)c1C1=NCc2cnc(Nc3ccc(C(=O)NC4CNCC5C=CC54)cc3)nc2-c2ccc(Cl)cc21. The predicted octanol–water partition coefficient (Wildman–Crippen LogP) is 5.54. The molecule has 216 valence electrons. The average molecular weight is 595 g/mol. The first-order chi connectivity index (χ1) is 21.0. The van der Waals surface area contributed by atoms with Crippen LogP contribution in [0.15, 0.2) is 84.0 Å². The van der Waals surface area contributed by atoms with E-state index >= 15 is 4.39 Å². The molecule has 4 aromatic rings. The number of halogens is 2. The first-order valence-corrected chi connectivity index (χ1v) is 14.5. The van der Waals surface area contributed by atoms with Gasteiger partial charge in [0.05, 0.1) is 30.6 Å². The molecule has 3 unspecified atom stereocenters. The highest BCUT2D eigenvalue weighted by Crippen LogP contribution is 2.36. The molecule has 2 aliphatic heterocycles. The number of benzene rings is 3. The van der Waals surface area contributed by atoms with Gasteiger partial charge in [0.1, 0.15) is 11.6 Å². The lowest BCUT2D eigenvalue weighted by Gasteiger charge is -2.41. The zero-order valence-corrected chi connectivity index (χ0v) is 24.0. The maximum atomic E-state index is 15.2. The van der Waals surface area contributed by atoms with Crippen LogP contribution < -0.4 is 20.7 Å². The molecule has 3 heterocycles. The molecule has 7 rings (SSSR count). The lowest BCUT2D eigenvalue weighted by Crippen LogP contribution is -2.56. The van der Waals surface area contributed by atoms with Crippen molar-refractivity contribution in [2.45, 2.75) is 12.6 Å². The highest BCUT2D eigenvalue weighted by molar-refractivity contribution is 6.31. The van der Waals surface area contributed by atoms with Gasteiger partial charge in [0.25, 0.3) is 5.91 Å². The number of fused-ring (bicyclic) bond motifs is 4. The number of carbonyl (C=O) groups excluding carboxylic acids is 1. The van der Waals surface area contributed by atoms with Crippen LogP contribution in [0.5, 0.6) is 5.75 Å². The van der Waals surface area contributed by atoms with Crippen molar-refractivity contribution >= 4 is 34.9 Å². The van der Waals surface area contributed by atoms with Crippen molar-refractivity contribution < 1.29 is 13.9 Å². The minimum absolute atomic E-state index is 0.0868. The number of nitrogens with one attached hydrogen (secondary N) is 3. The summed E-state index contributed by atoms with van der Waals surface area (Å²) < 4.78 is 20.6. The van der Waals surface area contributed by atoms with Crippen molar-refractivity contribution in [3.05, 3.63) is 112 Å². The number of hydrogen-bond acceptors (Lipinski definition) is 7. The highest BCUT2D eigenvalue weighted by atomic mass is 35.5. The summed E-state index contributed by atoms with van der Waals surface area (Å²) >= 11 is 6.41. The summed E-state index contributed by atoms with van der Waals surface area (Å²) in [6.07, 6.45) is 6.10. The molecule has 0 saturated carbocycles. The number of aliphatic imine (C=N–C) groups is 1. The Morgan fingerprint density at radius 2 is 1.93 bits per heavy atom. The maximum Gasteiger partial charge on any atom is 0.251 e. The van der Waals surface area contributed by atoms with Crippen molar-refractivity contribution in [2.75, 3.05) is 25.5 Å². The number of aromatic nitrogens is 2. The smallest absolute Gasteiger partial charge is 0.251 e. The van der Waals surface area contributed by atoms with Crippen molar-refractivity contribution in [3.8, 4) is 17.0 Å². The van der Waals surface area contributed by atoms with Crippen LogP contribution in [0, 0.1) is 17.7 Å².